The van der Waals surface area contributed by atoms with Gasteiger partial charge >= 0.3 is 0 Å². The summed E-state index contributed by atoms with van der Waals surface area (Å²) in [4.78, 5) is 20.4. The summed E-state index contributed by atoms with van der Waals surface area (Å²) in [7, 11) is 0. The molecule has 0 fully saturated rings. The molecular weight excluding hydrogens is 637 g/mol. The monoisotopic (exact) mass is 676 g/mol. The molecule has 5 aromatic rings. The summed E-state index contributed by atoms with van der Waals surface area (Å²) >= 11 is 1.62. The van der Waals surface area contributed by atoms with E-state index >= 15 is 0 Å². The van der Waals surface area contributed by atoms with Crippen LogP contribution in [0.2, 0.25) is 0 Å². The first-order chi connectivity index (χ1) is 24.0. The lowest BCUT2D eigenvalue weighted by Crippen LogP contribution is -2.32. The fraction of sp³-hybridized carbons (Fsp3) is 0.256. The highest BCUT2D eigenvalue weighted by Crippen LogP contribution is 2.34. The minimum atomic E-state index is -1.08. The first-order valence-electron chi connectivity index (χ1n) is 16.5. The molecule has 3 aromatic carbocycles. The maximum atomic E-state index is 13.7. The molecule has 0 unspecified atom stereocenters. The highest BCUT2D eigenvalue weighted by Gasteiger charge is 2.22. The SMILES string of the molecule is CCCCOCCOc1ccc(-c2ccc3c(c2)C=C(C(=O)Nc2ccc([C@H](O)c4cccc[n+]4[O-])cc2)CCN3Cc2nccs2)cc1. The van der Waals surface area contributed by atoms with Crippen molar-refractivity contribution in [3.05, 3.63) is 135 Å². The van der Waals surface area contributed by atoms with E-state index in [1.807, 2.05) is 41.9 Å². The first-order valence-corrected chi connectivity index (χ1v) is 17.4. The standard InChI is InChI=1S/C39H40N4O5S/c1-2-3-21-47-22-23-48-34-14-9-28(10-15-34)30-11-16-35-32(25-30)26-31(17-20-42(35)27-37-40-18-24-49-37)39(45)41-33-12-7-29(8-13-33)38(44)36-6-4-5-19-43(36)46/h4-16,18-19,24-26,38,44H,2-3,17,20-23,27H2,1H3,(H,41,45)/t38-/m0/s1. The van der Waals surface area contributed by atoms with Crippen LogP contribution in [0.15, 0.2) is 108 Å². The molecule has 49 heavy (non-hydrogen) atoms. The van der Waals surface area contributed by atoms with Crippen molar-refractivity contribution in [3.8, 4) is 16.9 Å². The minimum Gasteiger partial charge on any atom is -0.618 e. The third kappa shape index (κ3) is 8.72. The Kier molecular flexibility index (Phi) is 11.3. The van der Waals surface area contributed by atoms with Gasteiger partial charge in [-0.3, -0.25) is 4.79 Å². The van der Waals surface area contributed by atoms with Gasteiger partial charge < -0.3 is 30.0 Å². The van der Waals surface area contributed by atoms with Crippen molar-refractivity contribution in [2.45, 2.75) is 38.8 Å². The van der Waals surface area contributed by atoms with Crippen molar-refractivity contribution >= 4 is 34.7 Å². The Labute approximate surface area is 290 Å². The van der Waals surface area contributed by atoms with Gasteiger partial charge in [-0.1, -0.05) is 43.7 Å². The Morgan fingerprint density at radius 3 is 2.61 bits per heavy atom. The lowest BCUT2D eigenvalue weighted by atomic mass is 10.00. The molecule has 0 saturated heterocycles. The van der Waals surface area contributed by atoms with E-state index in [0.29, 0.717) is 54.3 Å². The van der Waals surface area contributed by atoms with E-state index in [0.717, 1.165) is 52.6 Å². The molecule has 0 saturated carbocycles. The minimum absolute atomic E-state index is 0.193. The summed E-state index contributed by atoms with van der Waals surface area (Å²) < 4.78 is 12.1. The van der Waals surface area contributed by atoms with Gasteiger partial charge in [0.15, 0.2) is 12.3 Å². The molecule has 1 aliphatic heterocycles. The van der Waals surface area contributed by atoms with Crippen LogP contribution in [0.3, 0.4) is 0 Å². The van der Waals surface area contributed by atoms with Crippen molar-refractivity contribution in [2.24, 2.45) is 0 Å². The smallest absolute Gasteiger partial charge is 0.251 e. The third-order valence-electron chi connectivity index (χ3n) is 8.40. The van der Waals surface area contributed by atoms with E-state index in [1.165, 1.54) is 6.20 Å². The molecule has 1 aliphatic rings. The summed E-state index contributed by atoms with van der Waals surface area (Å²) in [6.45, 7) is 5.27. The Bertz CT molecular complexity index is 1860. The quantitative estimate of drug-likeness (QED) is 0.0730. The van der Waals surface area contributed by atoms with Crippen LogP contribution >= 0.6 is 11.3 Å². The number of anilines is 2. The number of aliphatic hydroxyl groups excluding tert-OH is 1. The lowest BCUT2D eigenvalue weighted by Gasteiger charge is -2.24. The number of rotatable bonds is 14. The molecule has 10 heteroatoms. The maximum Gasteiger partial charge on any atom is 0.251 e. The largest absolute Gasteiger partial charge is 0.618 e. The van der Waals surface area contributed by atoms with Gasteiger partial charge in [-0.15, -0.1) is 11.3 Å². The zero-order valence-electron chi connectivity index (χ0n) is 27.5. The Morgan fingerprint density at radius 2 is 1.86 bits per heavy atom. The van der Waals surface area contributed by atoms with Crippen molar-refractivity contribution in [1.29, 1.82) is 0 Å². The summed E-state index contributed by atoms with van der Waals surface area (Å²) in [6.07, 6.45) is 6.78. The number of ether oxygens (including phenoxy) is 2. The predicted molar refractivity (Wildman–Crippen MR) is 193 cm³/mol. The Morgan fingerprint density at radius 1 is 1.04 bits per heavy atom. The molecule has 1 amide bonds. The number of carbonyl (C=O) groups excluding carboxylic acids is 1. The molecule has 1 atom stereocenters. The second-order valence-corrected chi connectivity index (χ2v) is 12.8. The lowest BCUT2D eigenvalue weighted by molar-refractivity contribution is -0.617. The highest BCUT2D eigenvalue weighted by atomic mass is 32.1. The van der Waals surface area contributed by atoms with Crippen molar-refractivity contribution in [3.63, 3.8) is 0 Å². The number of aliphatic hydroxyl groups is 1. The second-order valence-electron chi connectivity index (χ2n) is 11.8. The number of carbonyl (C=O) groups is 1. The van der Waals surface area contributed by atoms with Crippen molar-refractivity contribution < 1.29 is 24.1 Å². The number of benzene rings is 3. The molecule has 0 bridgehead atoms. The number of hydrogen-bond acceptors (Lipinski definition) is 8. The summed E-state index contributed by atoms with van der Waals surface area (Å²) in [5.74, 6) is 0.601. The van der Waals surface area contributed by atoms with E-state index in [-0.39, 0.29) is 11.6 Å². The number of fused-ring (bicyclic) bond motifs is 1. The van der Waals surface area contributed by atoms with Crippen LogP contribution in [-0.2, 0) is 16.1 Å². The zero-order valence-corrected chi connectivity index (χ0v) is 28.3. The van der Waals surface area contributed by atoms with Crippen LogP contribution in [0, 0.1) is 5.21 Å². The molecule has 0 spiro atoms. The number of unbranched alkanes of at least 4 members (excludes halogenated alkanes) is 1. The molecule has 252 valence electrons. The van der Waals surface area contributed by atoms with E-state index in [4.69, 9.17) is 9.47 Å². The van der Waals surface area contributed by atoms with E-state index < -0.39 is 6.10 Å². The van der Waals surface area contributed by atoms with Gasteiger partial charge in [-0.05, 0) is 83.6 Å². The van der Waals surface area contributed by atoms with Gasteiger partial charge in [0.1, 0.15) is 17.4 Å². The third-order valence-corrected chi connectivity index (χ3v) is 9.16. The number of nitrogens with one attached hydrogen (secondary N) is 1. The molecular formula is C39H40N4O5S. The maximum absolute atomic E-state index is 13.7. The van der Waals surface area contributed by atoms with E-state index in [2.05, 4.69) is 40.3 Å². The van der Waals surface area contributed by atoms with Crippen LogP contribution in [0.1, 0.15) is 54.1 Å². The van der Waals surface area contributed by atoms with Gasteiger partial charge in [0.25, 0.3) is 5.91 Å². The predicted octanol–water partition coefficient (Wildman–Crippen LogP) is 7.15. The second kappa shape index (κ2) is 16.4. The molecule has 0 aliphatic carbocycles. The van der Waals surface area contributed by atoms with Crippen LogP contribution in [0.4, 0.5) is 11.4 Å². The van der Waals surface area contributed by atoms with Gasteiger partial charge in [-0.25, -0.2) is 4.98 Å². The fourth-order valence-corrected chi connectivity index (χ4v) is 6.34. The van der Waals surface area contributed by atoms with Crippen LogP contribution in [0.25, 0.3) is 17.2 Å². The van der Waals surface area contributed by atoms with Gasteiger partial charge in [0.2, 0.25) is 5.69 Å². The molecule has 2 aromatic heterocycles. The number of nitrogens with zero attached hydrogens (tertiary/aromatic N) is 3. The van der Waals surface area contributed by atoms with Gasteiger partial charge in [0, 0.05) is 53.8 Å². The average Bonchev–Trinajstić information content (AvgIpc) is 3.57. The first kappa shape index (κ1) is 33.9. The average molecular weight is 677 g/mol. The van der Waals surface area contributed by atoms with E-state index in [1.54, 1.807) is 53.8 Å². The van der Waals surface area contributed by atoms with Gasteiger partial charge in [0.05, 0.1) is 13.2 Å². The number of pyridine rings is 1. The molecule has 3 heterocycles. The fourth-order valence-electron chi connectivity index (χ4n) is 5.71. The summed E-state index contributed by atoms with van der Waals surface area (Å²) in [5.41, 5.74) is 6.11. The van der Waals surface area contributed by atoms with Crippen LogP contribution in [0.5, 0.6) is 5.75 Å². The topological polar surface area (TPSA) is 111 Å². The molecule has 9 nitrogen and oxygen atoms in total. The summed E-state index contributed by atoms with van der Waals surface area (Å²) in [6, 6.07) is 26.2. The van der Waals surface area contributed by atoms with Crippen molar-refractivity contribution in [2.75, 3.05) is 36.6 Å². The summed E-state index contributed by atoms with van der Waals surface area (Å²) in [5, 5.41) is 28.9. The van der Waals surface area contributed by atoms with Crippen LogP contribution < -0.4 is 19.7 Å². The number of thiazole rings is 1. The molecule has 0 radical (unpaired) electrons. The van der Waals surface area contributed by atoms with E-state index in [9.17, 15) is 15.1 Å². The van der Waals surface area contributed by atoms with Crippen LogP contribution in [-0.4, -0.2) is 42.4 Å². The molecule has 2 N–H and O–H groups in total. The number of hydrogen-bond donors (Lipinski definition) is 2. The van der Waals surface area contributed by atoms with Crippen molar-refractivity contribution in [1.82, 2.24) is 4.98 Å². The van der Waals surface area contributed by atoms with Gasteiger partial charge in [-0.2, -0.15) is 4.73 Å². The number of aromatic nitrogens is 2. The molecule has 6 rings (SSSR count). The normalized spacial score (nSPS) is 13.3. The highest BCUT2D eigenvalue weighted by molar-refractivity contribution is 7.09. The Hall–Kier alpha value is -5.03. The zero-order chi connectivity index (χ0) is 34.0. The number of amides is 1. The Balaban J connectivity index is 1.19.